The number of ether oxygens (including phenoxy) is 1. The van der Waals surface area contributed by atoms with E-state index in [0.29, 0.717) is 6.54 Å². The van der Waals surface area contributed by atoms with Crippen LogP contribution in [0.4, 0.5) is 0 Å². The van der Waals surface area contributed by atoms with Crippen LogP contribution in [0.3, 0.4) is 0 Å². The first-order valence-corrected chi connectivity index (χ1v) is 6.49. The zero-order chi connectivity index (χ0) is 12.3. The molecular formula is C14H24N2O. The second-order valence-electron chi connectivity index (χ2n) is 4.20. The molecule has 4 N–H and O–H groups in total. The molecule has 0 spiro atoms. The minimum Gasteiger partial charge on any atom is -0.493 e. The van der Waals surface area contributed by atoms with Crippen molar-refractivity contribution >= 4 is 0 Å². The van der Waals surface area contributed by atoms with Gasteiger partial charge in [-0.1, -0.05) is 31.0 Å². The maximum absolute atomic E-state index is 5.78. The molecule has 0 aliphatic carbocycles. The standard InChI is InChI=1S/C14H24N2O/c15-10-5-1-2-6-12-17-14-8-4-3-7-13(14)9-11-16/h3-4,7-8H,1-2,5-6,9-12,15-16H2. The van der Waals surface area contributed by atoms with Crippen molar-refractivity contribution in [3.8, 4) is 5.75 Å². The van der Waals surface area contributed by atoms with Crippen molar-refractivity contribution in [1.82, 2.24) is 0 Å². The Labute approximate surface area is 104 Å². The quantitative estimate of drug-likeness (QED) is 0.645. The third-order valence-corrected chi connectivity index (χ3v) is 2.74. The summed E-state index contributed by atoms with van der Waals surface area (Å²) in [6.45, 7) is 2.24. The van der Waals surface area contributed by atoms with Crippen LogP contribution in [-0.2, 0) is 6.42 Å². The third kappa shape index (κ3) is 5.71. The van der Waals surface area contributed by atoms with Crippen LogP contribution in [0.25, 0.3) is 0 Å². The van der Waals surface area contributed by atoms with Gasteiger partial charge in [0.25, 0.3) is 0 Å². The molecule has 3 heteroatoms. The zero-order valence-electron chi connectivity index (χ0n) is 10.5. The highest BCUT2D eigenvalue weighted by Crippen LogP contribution is 2.18. The lowest BCUT2D eigenvalue weighted by Gasteiger charge is -2.10. The van der Waals surface area contributed by atoms with E-state index in [0.717, 1.165) is 38.2 Å². The summed E-state index contributed by atoms with van der Waals surface area (Å²) < 4.78 is 5.78. The Balaban J connectivity index is 2.25. The molecule has 0 saturated carbocycles. The van der Waals surface area contributed by atoms with E-state index in [1.165, 1.54) is 18.4 Å². The Kier molecular flexibility index (Phi) is 7.43. The van der Waals surface area contributed by atoms with Crippen molar-refractivity contribution in [2.45, 2.75) is 32.1 Å². The van der Waals surface area contributed by atoms with E-state index < -0.39 is 0 Å². The zero-order valence-corrected chi connectivity index (χ0v) is 10.5. The van der Waals surface area contributed by atoms with Crippen LogP contribution in [0.1, 0.15) is 31.2 Å². The van der Waals surface area contributed by atoms with Crippen LogP contribution < -0.4 is 16.2 Å². The summed E-state index contributed by atoms with van der Waals surface area (Å²) in [5.41, 5.74) is 12.2. The summed E-state index contributed by atoms with van der Waals surface area (Å²) in [6, 6.07) is 8.13. The number of nitrogens with two attached hydrogens (primary N) is 2. The summed E-state index contributed by atoms with van der Waals surface area (Å²) >= 11 is 0. The Morgan fingerprint density at radius 1 is 0.882 bits per heavy atom. The average Bonchev–Trinajstić information content (AvgIpc) is 2.36. The summed E-state index contributed by atoms with van der Waals surface area (Å²) in [6.07, 6.45) is 5.48. The van der Waals surface area contributed by atoms with Gasteiger partial charge in [-0.25, -0.2) is 0 Å². The summed E-state index contributed by atoms with van der Waals surface area (Å²) in [5, 5.41) is 0. The second kappa shape index (κ2) is 9.02. The minimum atomic E-state index is 0.664. The Morgan fingerprint density at radius 3 is 2.41 bits per heavy atom. The highest BCUT2D eigenvalue weighted by Gasteiger charge is 2.01. The number of benzene rings is 1. The molecule has 0 amide bonds. The lowest BCUT2D eigenvalue weighted by molar-refractivity contribution is 0.302. The van der Waals surface area contributed by atoms with Gasteiger partial charge in [0.1, 0.15) is 5.75 Å². The highest BCUT2D eigenvalue weighted by molar-refractivity contribution is 5.33. The Bertz CT molecular complexity index is 302. The lowest BCUT2D eigenvalue weighted by atomic mass is 10.1. The number of para-hydroxylation sites is 1. The molecule has 0 unspecified atom stereocenters. The molecule has 0 aromatic heterocycles. The molecular weight excluding hydrogens is 212 g/mol. The van der Waals surface area contributed by atoms with E-state index in [1.807, 2.05) is 18.2 Å². The van der Waals surface area contributed by atoms with Crippen LogP contribution in [0.5, 0.6) is 5.75 Å². The van der Waals surface area contributed by atoms with Gasteiger partial charge in [0, 0.05) is 0 Å². The Morgan fingerprint density at radius 2 is 1.65 bits per heavy atom. The first-order valence-electron chi connectivity index (χ1n) is 6.49. The molecule has 1 rings (SSSR count). The third-order valence-electron chi connectivity index (χ3n) is 2.74. The maximum Gasteiger partial charge on any atom is 0.122 e. The molecule has 1 aromatic carbocycles. The molecule has 0 atom stereocenters. The van der Waals surface area contributed by atoms with E-state index in [-0.39, 0.29) is 0 Å². The first-order chi connectivity index (χ1) is 8.38. The average molecular weight is 236 g/mol. The van der Waals surface area contributed by atoms with Crippen LogP contribution in [0.2, 0.25) is 0 Å². The van der Waals surface area contributed by atoms with E-state index in [2.05, 4.69) is 6.07 Å². The van der Waals surface area contributed by atoms with Gasteiger partial charge in [-0.2, -0.15) is 0 Å². The van der Waals surface area contributed by atoms with E-state index in [9.17, 15) is 0 Å². The van der Waals surface area contributed by atoms with Crippen molar-refractivity contribution in [3.63, 3.8) is 0 Å². The minimum absolute atomic E-state index is 0.664. The molecule has 0 bridgehead atoms. The number of hydrogen-bond donors (Lipinski definition) is 2. The largest absolute Gasteiger partial charge is 0.493 e. The lowest BCUT2D eigenvalue weighted by Crippen LogP contribution is -2.06. The summed E-state index contributed by atoms with van der Waals surface area (Å²) in [4.78, 5) is 0. The number of hydrogen-bond acceptors (Lipinski definition) is 3. The summed E-state index contributed by atoms with van der Waals surface area (Å²) in [5.74, 6) is 0.983. The fourth-order valence-corrected chi connectivity index (χ4v) is 1.79. The van der Waals surface area contributed by atoms with Gasteiger partial charge in [-0.05, 0) is 44.0 Å². The monoisotopic (exact) mass is 236 g/mol. The van der Waals surface area contributed by atoms with Gasteiger partial charge in [-0.3, -0.25) is 0 Å². The first kappa shape index (κ1) is 14.0. The van der Waals surface area contributed by atoms with Crippen molar-refractivity contribution in [3.05, 3.63) is 29.8 Å². The van der Waals surface area contributed by atoms with Gasteiger partial charge < -0.3 is 16.2 Å². The molecule has 0 fully saturated rings. The molecule has 96 valence electrons. The topological polar surface area (TPSA) is 61.3 Å². The molecule has 0 saturated heterocycles. The van der Waals surface area contributed by atoms with Crippen molar-refractivity contribution in [1.29, 1.82) is 0 Å². The van der Waals surface area contributed by atoms with Crippen LogP contribution in [0.15, 0.2) is 24.3 Å². The molecule has 17 heavy (non-hydrogen) atoms. The molecule has 0 aliphatic rings. The van der Waals surface area contributed by atoms with Crippen molar-refractivity contribution in [2.24, 2.45) is 11.5 Å². The van der Waals surface area contributed by atoms with Gasteiger partial charge in [-0.15, -0.1) is 0 Å². The smallest absolute Gasteiger partial charge is 0.122 e. The van der Waals surface area contributed by atoms with Crippen molar-refractivity contribution < 1.29 is 4.74 Å². The molecule has 0 aliphatic heterocycles. The highest BCUT2D eigenvalue weighted by atomic mass is 16.5. The Hall–Kier alpha value is -1.06. The normalized spacial score (nSPS) is 10.5. The fraction of sp³-hybridized carbons (Fsp3) is 0.571. The van der Waals surface area contributed by atoms with Gasteiger partial charge in [0.2, 0.25) is 0 Å². The van der Waals surface area contributed by atoms with Crippen LogP contribution in [-0.4, -0.2) is 19.7 Å². The maximum atomic E-state index is 5.78. The fourth-order valence-electron chi connectivity index (χ4n) is 1.79. The van der Waals surface area contributed by atoms with Gasteiger partial charge in [0.05, 0.1) is 6.61 Å². The van der Waals surface area contributed by atoms with Crippen LogP contribution >= 0.6 is 0 Å². The summed E-state index contributed by atoms with van der Waals surface area (Å²) in [7, 11) is 0. The van der Waals surface area contributed by atoms with E-state index in [1.54, 1.807) is 0 Å². The molecule has 1 aromatic rings. The number of rotatable bonds is 9. The predicted octanol–water partition coefficient (Wildman–Crippen LogP) is 2.09. The van der Waals surface area contributed by atoms with E-state index in [4.69, 9.17) is 16.2 Å². The molecule has 0 heterocycles. The SMILES string of the molecule is NCCCCCCOc1ccccc1CCN. The van der Waals surface area contributed by atoms with Crippen molar-refractivity contribution in [2.75, 3.05) is 19.7 Å². The predicted molar refractivity (Wildman–Crippen MR) is 72.2 cm³/mol. The molecule has 0 radical (unpaired) electrons. The van der Waals surface area contributed by atoms with Gasteiger partial charge >= 0.3 is 0 Å². The van der Waals surface area contributed by atoms with Crippen LogP contribution in [0, 0.1) is 0 Å². The number of unbranched alkanes of at least 4 members (excludes halogenated alkanes) is 3. The van der Waals surface area contributed by atoms with Gasteiger partial charge in [0.15, 0.2) is 0 Å². The second-order valence-corrected chi connectivity index (χ2v) is 4.20. The molecule has 3 nitrogen and oxygen atoms in total. The van der Waals surface area contributed by atoms with E-state index >= 15 is 0 Å².